The molecule has 74 valence electrons. The number of allylic oxidation sites excluding steroid dienone is 8. The molecule has 0 spiro atoms. The van der Waals surface area contributed by atoms with Gasteiger partial charge in [-0.15, -0.1) is 0 Å². The molecule has 0 aromatic heterocycles. The molecule has 0 aromatic carbocycles. The van der Waals surface area contributed by atoms with Gasteiger partial charge in [0.05, 0.1) is 0 Å². The Hall–Kier alpha value is -0.287. The normalized spacial score (nSPS) is 18.4. The molecule has 0 heterocycles. The predicted molar refractivity (Wildman–Crippen MR) is 61.1 cm³/mol. The summed E-state index contributed by atoms with van der Waals surface area (Å²) in [6.07, 6.45) is 16.2. The van der Waals surface area contributed by atoms with E-state index in [4.69, 9.17) is 0 Å². The summed E-state index contributed by atoms with van der Waals surface area (Å²) in [6.45, 7) is 4.65. The van der Waals surface area contributed by atoms with Crippen molar-refractivity contribution in [3.63, 3.8) is 0 Å². The maximum absolute atomic E-state index is 2.36. The number of rotatable bonds is 2. The smallest absolute Gasteiger partial charge is 1.00 e. The average Bonchev–Trinajstić information content (AvgIpc) is 2.75. The van der Waals surface area contributed by atoms with E-state index in [1.54, 1.807) is 9.77 Å². The fourth-order valence-corrected chi connectivity index (χ4v) is 9.16. The molecule has 2 rings (SSSR count). The minimum absolute atomic E-state index is 0. The molecule has 1 heteroatoms. The molecule has 0 atom stereocenters. The van der Waals surface area contributed by atoms with Crippen LogP contribution in [-0.2, 0) is 21.3 Å². The SMILES string of the molecule is C[C](C)=[Zr]([C]1=CC=CC1)[C]1=CC=CC1.[H-]. The molecular weight excluding hydrogens is 247 g/mol. The second-order valence-electron chi connectivity index (χ2n) is 4.02. The number of hydrogen-bond acceptors (Lipinski definition) is 0. The minimum Gasteiger partial charge on any atom is -1.00 e. The van der Waals surface area contributed by atoms with Crippen LogP contribution in [0.15, 0.2) is 43.0 Å². The third-order valence-corrected chi connectivity index (χ3v) is 10.1. The zero-order valence-electron chi connectivity index (χ0n) is 9.88. The fourth-order valence-electron chi connectivity index (χ4n) is 2.11. The Labute approximate surface area is 95.4 Å². The summed E-state index contributed by atoms with van der Waals surface area (Å²) >= 11 is -1.51. The van der Waals surface area contributed by atoms with Crippen molar-refractivity contribution in [1.82, 2.24) is 0 Å². The molecule has 0 nitrogen and oxygen atoms in total. The summed E-state index contributed by atoms with van der Waals surface area (Å²) in [4.78, 5) is 0. The molecule has 0 unspecified atom stereocenters. The first-order valence-corrected chi connectivity index (χ1v) is 8.87. The molecule has 0 N–H and O–H groups in total. The Morgan fingerprint density at radius 2 is 1.57 bits per heavy atom. The maximum Gasteiger partial charge on any atom is -1.00 e. The second-order valence-corrected chi connectivity index (χ2v) is 11.5. The summed E-state index contributed by atoms with van der Waals surface area (Å²) < 4.78 is 5.21. The van der Waals surface area contributed by atoms with Gasteiger partial charge in [-0.1, -0.05) is 0 Å². The molecule has 14 heavy (non-hydrogen) atoms. The Morgan fingerprint density at radius 1 is 1.07 bits per heavy atom. The number of hydrogen-bond donors (Lipinski definition) is 0. The molecule has 2 aliphatic carbocycles. The van der Waals surface area contributed by atoms with Crippen LogP contribution in [0.3, 0.4) is 0 Å². The van der Waals surface area contributed by atoms with E-state index in [2.05, 4.69) is 50.3 Å². The van der Waals surface area contributed by atoms with Crippen LogP contribution in [0, 0.1) is 0 Å². The summed E-state index contributed by atoms with van der Waals surface area (Å²) in [6, 6.07) is 0. The minimum atomic E-state index is -1.51. The van der Waals surface area contributed by atoms with Gasteiger partial charge < -0.3 is 1.43 Å². The van der Waals surface area contributed by atoms with Crippen molar-refractivity contribution in [2.75, 3.05) is 0 Å². The van der Waals surface area contributed by atoms with Gasteiger partial charge in [-0.2, -0.15) is 0 Å². The molecule has 0 fully saturated rings. The van der Waals surface area contributed by atoms with E-state index < -0.39 is 21.3 Å². The molecule has 0 bridgehead atoms. The van der Waals surface area contributed by atoms with E-state index in [-0.39, 0.29) is 1.43 Å². The van der Waals surface area contributed by atoms with Gasteiger partial charge in [0.2, 0.25) is 0 Å². The van der Waals surface area contributed by atoms with Crippen LogP contribution in [-0.4, -0.2) is 3.21 Å². The Balaban J connectivity index is 0.00000112. The van der Waals surface area contributed by atoms with Crippen molar-refractivity contribution in [3.05, 3.63) is 43.0 Å². The third-order valence-electron chi connectivity index (χ3n) is 2.68. The van der Waals surface area contributed by atoms with Gasteiger partial charge >= 0.3 is 94.2 Å². The van der Waals surface area contributed by atoms with Crippen molar-refractivity contribution in [2.24, 2.45) is 0 Å². The van der Waals surface area contributed by atoms with E-state index in [9.17, 15) is 0 Å². The van der Waals surface area contributed by atoms with Crippen LogP contribution < -0.4 is 0 Å². The van der Waals surface area contributed by atoms with Gasteiger partial charge in [0, 0.05) is 0 Å². The Bertz CT molecular complexity index is 359. The van der Waals surface area contributed by atoms with Crippen LogP contribution in [0.2, 0.25) is 0 Å². The summed E-state index contributed by atoms with van der Waals surface area (Å²) in [5.41, 5.74) is 0. The van der Waals surface area contributed by atoms with Crippen molar-refractivity contribution < 1.29 is 22.7 Å². The summed E-state index contributed by atoms with van der Waals surface area (Å²) in [5.74, 6) is 0. The van der Waals surface area contributed by atoms with Crippen LogP contribution in [0.25, 0.3) is 0 Å². The molecule has 0 saturated carbocycles. The van der Waals surface area contributed by atoms with Gasteiger partial charge in [-0.05, 0) is 0 Å². The average molecular weight is 265 g/mol. The predicted octanol–water partition coefficient (Wildman–Crippen LogP) is 3.62. The van der Waals surface area contributed by atoms with Crippen LogP contribution in [0.4, 0.5) is 0 Å². The van der Waals surface area contributed by atoms with E-state index in [1.807, 2.05) is 0 Å². The van der Waals surface area contributed by atoms with Gasteiger partial charge in [0.15, 0.2) is 0 Å². The fraction of sp³-hybridized carbons (Fsp3) is 0.308. The van der Waals surface area contributed by atoms with Crippen molar-refractivity contribution in [2.45, 2.75) is 26.7 Å². The van der Waals surface area contributed by atoms with E-state index in [0.29, 0.717) is 0 Å². The standard InChI is InChI=1S/2C5H5.C3H6.Zr.H/c2*1-2-4-5-3-1;1-3-2;;/h2*1-3H,4H2;1-2H3;;/q;;;;-1. The molecule has 0 radical (unpaired) electrons. The first kappa shape index (κ1) is 10.2. The van der Waals surface area contributed by atoms with Gasteiger partial charge in [-0.25, -0.2) is 0 Å². The molecule has 0 amide bonds. The summed E-state index contributed by atoms with van der Waals surface area (Å²) in [5, 5.41) is 0. The van der Waals surface area contributed by atoms with Crippen molar-refractivity contribution >= 4 is 3.21 Å². The first-order chi connectivity index (χ1) is 6.79. The van der Waals surface area contributed by atoms with Crippen LogP contribution >= 0.6 is 0 Å². The van der Waals surface area contributed by atoms with E-state index in [0.717, 1.165) is 0 Å². The first-order valence-electron chi connectivity index (χ1n) is 5.18. The van der Waals surface area contributed by atoms with Crippen LogP contribution in [0.5, 0.6) is 0 Å². The molecule has 0 aliphatic heterocycles. The molecular formula is C13H17Zr-. The largest absolute Gasteiger partial charge is 1.00 e. The van der Waals surface area contributed by atoms with Crippen molar-refractivity contribution in [3.8, 4) is 0 Å². The maximum atomic E-state index is 2.36. The quantitative estimate of drug-likeness (QED) is 0.715. The summed E-state index contributed by atoms with van der Waals surface area (Å²) in [7, 11) is 0. The zero-order valence-corrected chi connectivity index (χ0v) is 11.3. The van der Waals surface area contributed by atoms with Gasteiger partial charge in [0.1, 0.15) is 0 Å². The van der Waals surface area contributed by atoms with Crippen LogP contribution in [0.1, 0.15) is 28.1 Å². The van der Waals surface area contributed by atoms with Gasteiger partial charge in [-0.3, -0.25) is 0 Å². The van der Waals surface area contributed by atoms with E-state index in [1.165, 1.54) is 12.8 Å². The van der Waals surface area contributed by atoms with Gasteiger partial charge in [0.25, 0.3) is 0 Å². The molecule has 0 saturated heterocycles. The topological polar surface area (TPSA) is 0 Å². The zero-order chi connectivity index (χ0) is 9.97. The third kappa shape index (κ3) is 2.03. The second kappa shape index (κ2) is 4.49. The molecule has 2 aliphatic rings. The Kier molecular flexibility index (Phi) is 3.28. The van der Waals surface area contributed by atoms with E-state index >= 15 is 0 Å². The Morgan fingerprint density at radius 3 is 1.86 bits per heavy atom. The monoisotopic (exact) mass is 263 g/mol. The van der Waals surface area contributed by atoms with Crippen molar-refractivity contribution in [1.29, 1.82) is 0 Å². The molecule has 0 aromatic rings.